The normalized spacial score (nSPS) is 16.2. The summed E-state index contributed by atoms with van der Waals surface area (Å²) in [4.78, 5) is 2.40. The van der Waals surface area contributed by atoms with Gasteiger partial charge < -0.3 is 9.64 Å². The number of rotatable bonds is 6. The maximum Gasteiger partial charge on any atom is 0.243 e. The van der Waals surface area contributed by atoms with Crippen molar-refractivity contribution in [3.8, 4) is 5.75 Å². The van der Waals surface area contributed by atoms with E-state index in [0.29, 0.717) is 49.3 Å². The maximum absolute atomic E-state index is 12.8. The summed E-state index contributed by atoms with van der Waals surface area (Å²) in [6.45, 7) is 8.73. The van der Waals surface area contributed by atoms with Gasteiger partial charge in [0.15, 0.2) is 0 Å². The highest BCUT2D eigenvalue weighted by atomic mass is 32.2. The van der Waals surface area contributed by atoms with Crippen LogP contribution in [0.15, 0.2) is 29.2 Å². The number of anilines is 1. The Kier molecular flexibility index (Phi) is 5.79. The van der Waals surface area contributed by atoms with E-state index in [-0.39, 0.29) is 0 Å². The summed E-state index contributed by atoms with van der Waals surface area (Å²) in [5.41, 5.74) is 0. The van der Waals surface area contributed by atoms with E-state index in [1.807, 2.05) is 6.92 Å². The minimum atomic E-state index is -3.49. The fraction of sp³-hybridized carbons (Fsp3) is 0.529. The highest BCUT2D eigenvalue weighted by Crippen LogP contribution is 2.27. The van der Waals surface area contributed by atoms with Gasteiger partial charge in [-0.2, -0.15) is 4.31 Å². The quantitative estimate of drug-likeness (QED) is 0.747. The molecule has 0 aliphatic carbocycles. The number of benzene rings is 1. The summed E-state index contributed by atoms with van der Waals surface area (Å²) in [7, 11) is -3.49. The molecule has 1 saturated heterocycles. The van der Waals surface area contributed by atoms with Crippen LogP contribution in [-0.4, -0.2) is 55.7 Å². The Morgan fingerprint density at radius 1 is 1.12 bits per heavy atom. The van der Waals surface area contributed by atoms with Gasteiger partial charge in [-0.05, 0) is 31.2 Å². The van der Waals surface area contributed by atoms with Crippen LogP contribution in [-0.2, 0) is 10.0 Å². The zero-order valence-corrected chi connectivity index (χ0v) is 16.9. The van der Waals surface area contributed by atoms with Crippen molar-refractivity contribution in [3.05, 3.63) is 29.3 Å². The molecule has 7 nitrogen and oxygen atoms in total. The van der Waals surface area contributed by atoms with Crippen molar-refractivity contribution in [3.63, 3.8) is 0 Å². The zero-order chi connectivity index (χ0) is 18.7. The molecule has 0 amide bonds. The van der Waals surface area contributed by atoms with E-state index in [2.05, 4.69) is 28.9 Å². The highest BCUT2D eigenvalue weighted by Gasteiger charge is 2.29. The average Bonchev–Trinajstić information content (AvgIpc) is 3.13. The van der Waals surface area contributed by atoms with Gasteiger partial charge in [0.2, 0.25) is 15.2 Å². The predicted octanol–water partition coefficient (Wildman–Crippen LogP) is 2.57. The summed E-state index contributed by atoms with van der Waals surface area (Å²) in [6, 6.07) is 6.60. The molecule has 1 aliphatic rings. The lowest BCUT2D eigenvalue weighted by Gasteiger charge is -2.33. The molecule has 1 aliphatic heterocycles. The first-order valence-electron chi connectivity index (χ1n) is 8.73. The van der Waals surface area contributed by atoms with Gasteiger partial charge in [-0.3, -0.25) is 0 Å². The smallest absolute Gasteiger partial charge is 0.243 e. The van der Waals surface area contributed by atoms with Crippen LogP contribution in [0.1, 0.15) is 31.7 Å². The summed E-state index contributed by atoms with van der Waals surface area (Å²) < 4.78 is 32.6. The van der Waals surface area contributed by atoms with Gasteiger partial charge in [0.1, 0.15) is 10.8 Å². The van der Waals surface area contributed by atoms with Crippen molar-refractivity contribution in [2.45, 2.75) is 31.6 Å². The molecule has 0 bridgehead atoms. The van der Waals surface area contributed by atoms with E-state index in [1.54, 1.807) is 35.6 Å². The second-order valence-corrected chi connectivity index (χ2v) is 9.30. The van der Waals surface area contributed by atoms with Gasteiger partial charge in [0.25, 0.3) is 0 Å². The van der Waals surface area contributed by atoms with Crippen molar-refractivity contribution in [2.75, 3.05) is 37.7 Å². The number of piperazine rings is 1. The van der Waals surface area contributed by atoms with Gasteiger partial charge in [0.05, 0.1) is 11.5 Å². The van der Waals surface area contributed by atoms with Crippen molar-refractivity contribution >= 4 is 26.5 Å². The molecule has 0 radical (unpaired) electrons. The summed E-state index contributed by atoms with van der Waals surface area (Å²) >= 11 is 1.58. The Morgan fingerprint density at radius 3 is 2.31 bits per heavy atom. The molecule has 26 heavy (non-hydrogen) atoms. The molecule has 0 unspecified atom stereocenters. The number of nitrogens with zero attached hydrogens (tertiary/aromatic N) is 4. The lowest BCUT2D eigenvalue weighted by molar-refractivity contribution is 0.340. The first-order valence-corrected chi connectivity index (χ1v) is 11.0. The highest BCUT2D eigenvalue weighted by molar-refractivity contribution is 7.89. The lowest BCUT2D eigenvalue weighted by atomic mass is 10.2. The van der Waals surface area contributed by atoms with Crippen molar-refractivity contribution in [2.24, 2.45) is 0 Å². The second kappa shape index (κ2) is 7.89. The molecular formula is C17H24N4O3S2. The molecule has 0 spiro atoms. The third kappa shape index (κ3) is 3.99. The van der Waals surface area contributed by atoms with E-state index in [1.165, 1.54) is 4.31 Å². The van der Waals surface area contributed by atoms with Gasteiger partial charge in [-0.25, -0.2) is 8.42 Å². The van der Waals surface area contributed by atoms with Crippen LogP contribution in [0.4, 0.5) is 5.13 Å². The van der Waals surface area contributed by atoms with Crippen molar-refractivity contribution in [1.29, 1.82) is 0 Å². The maximum atomic E-state index is 12.8. The molecule has 2 aromatic rings. The SMILES string of the molecule is CCOc1ccc(S(=O)(=O)N2CCN(c3nnc(C(C)C)s3)CC2)cc1. The number of hydrogen-bond donors (Lipinski definition) is 0. The van der Waals surface area contributed by atoms with Crippen LogP contribution < -0.4 is 9.64 Å². The van der Waals surface area contributed by atoms with E-state index in [4.69, 9.17) is 4.74 Å². The Hall–Kier alpha value is -1.71. The molecular weight excluding hydrogens is 372 g/mol. The van der Waals surface area contributed by atoms with Crippen LogP contribution in [0.5, 0.6) is 5.75 Å². The van der Waals surface area contributed by atoms with Crippen LogP contribution in [0.2, 0.25) is 0 Å². The number of hydrogen-bond acceptors (Lipinski definition) is 7. The Labute approximate surface area is 158 Å². The molecule has 1 fully saturated rings. The second-order valence-electron chi connectivity index (χ2n) is 6.37. The largest absolute Gasteiger partial charge is 0.494 e. The Balaban J connectivity index is 1.66. The first-order chi connectivity index (χ1) is 12.4. The van der Waals surface area contributed by atoms with Crippen molar-refractivity contribution < 1.29 is 13.2 Å². The fourth-order valence-electron chi connectivity index (χ4n) is 2.73. The van der Waals surface area contributed by atoms with Crippen LogP contribution in [0, 0.1) is 0 Å². The van der Waals surface area contributed by atoms with Crippen LogP contribution in [0.3, 0.4) is 0 Å². The van der Waals surface area contributed by atoms with E-state index >= 15 is 0 Å². The molecule has 142 valence electrons. The molecule has 0 atom stereocenters. The minimum absolute atomic E-state index is 0.299. The predicted molar refractivity (Wildman–Crippen MR) is 103 cm³/mol. The van der Waals surface area contributed by atoms with E-state index < -0.39 is 10.0 Å². The molecule has 2 heterocycles. The summed E-state index contributed by atoms with van der Waals surface area (Å²) in [5, 5.41) is 10.3. The third-order valence-corrected chi connectivity index (χ3v) is 7.40. The van der Waals surface area contributed by atoms with E-state index in [9.17, 15) is 8.42 Å². The molecule has 1 aromatic heterocycles. The monoisotopic (exact) mass is 396 g/mol. The number of ether oxygens (including phenoxy) is 1. The van der Waals surface area contributed by atoms with E-state index in [0.717, 1.165) is 10.1 Å². The summed E-state index contributed by atoms with van der Waals surface area (Å²) in [6.07, 6.45) is 0. The number of aromatic nitrogens is 2. The molecule has 0 saturated carbocycles. The van der Waals surface area contributed by atoms with Crippen LogP contribution in [0.25, 0.3) is 0 Å². The standard InChI is InChI=1S/C17H24N4O3S2/c1-4-24-14-5-7-15(8-6-14)26(22,23)21-11-9-20(10-12-21)17-19-18-16(25-17)13(2)3/h5-8,13H,4,9-12H2,1-3H3. The first kappa shape index (κ1) is 19.1. The van der Waals surface area contributed by atoms with Gasteiger partial charge in [-0.15, -0.1) is 10.2 Å². The Bertz CT molecular complexity index is 826. The topological polar surface area (TPSA) is 75.6 Å². The molecule has 3 rings (SSSR count). The van der Waals surface area contributed by atoms with Crippen molar-refractivity contribution in [1.82, 2.24) is 14.5 Å². The molecule has 1 aromatic carbocycles. The van der Waals surface area contributed by atoms with Gasteiger partial charge in [0, 0.05) is 32.1 Å². The average molecular weight is 397 g/mol. The summed E-state index contributed by atoms with van der Waals surface area (Å²) in [5.74, 6) is 1.02. The fourth-order valence-corrected chi connectivity index (χ4v) is 5.05. The third-order valence-electron chi connectivity index (χ3n) is 4.21. The molecule has 0 N–H and O–H groups in total. The molecule has 9 heteroatoms. The Morgan fingerprint density at radius 2 is 1.77 bits per heavy atom. The number of sulfonamides is 1. The zero-order valence-electron chi connectivity index (χ0n) is 15.3. The minimum Gasteiger partial charge on any atom is -0.494 e. The van der Waals surface area contributed by atoms with Gasteiger partial charge in [-0.1, -0.05) is 25.2 Å². The van der Waals surface area contributed by atoms with Crippen LogP contribution >= 0.6 is 11.3 Å². The van der Waals surface area contributed by atoms with Gasteiger partial charge >= 0.3 is 0 Å². The lowest BCUT2D eigenvalue weighted by Crippen LogP contribution is -2.48.